The van der Waals surface area contributed by atoms with Crippen molar-refractivity contribution in [1.29, 1.82) is 0 Å². The van der Waals surface area contributed by atoms with Crippen LogP contribution < -0.4 is 4.90 Å². The Hall–Kier alpha value is -2.22. The predicted molar refractivity (Wildman–Crippen MR) is 69.6 cm³/mol. The molecule has 2 atom stereocenters. The van der Waals surface area contributed by atoms with Crippen LogP contribution >= 0.6 is 0 Å². The normalized spacial score (nSPS) is 21.6. The van der Waals surface area contributed by atoms with Gasteiger partial charge in [-0.1, -0.05) is 0 Å². The SMILES string of the molecule is CCN(c1ccc([N+](=O)[O-])nc1)C1COCC1C(=O)O. The van der Waals surface area contributed by atoms with E-state index in [0.717, 1.165) is 0 Å². The van der Waals surface area contributed by atoms with Crippen LogP contribution in [0.15, 0.2) is 18.3 Å². The number of hydrogen-bond acceptors (Lipinski definition) is 6. The van der Waals surface area contributed by atoms with Crippen LogP contribution in [0.25, 0.3) is 0 Å². The summed E-state index contributed by atoms with van der Waals surface area (Å²) in [5.41, 5.74) is 0.653. The van der Waals surface area contributed by atoms with E-state index in [1.807, 2.05) is 11.8 Å². The number of aliphatic carboxylic acids is 1. The van der Waals surface area contributed by atoms with Gasteiger partial charge in [-0.05, 0) is 22.9 Å². The van der Waals surface area contributed by atoms with E-state index in [0.29, 0.717) is 18.8 Å². The molecule has 1 aromatic heterocycles. The van der Waals surface area contributed by atoms with Crippen molar-refractivity contribution in [3.63, 3.8) is 0 Å². The third-order valence-corrected chi connectivity index (χ3v) is 3.36. The Morgan fingerprint density at radius 3 is 2.85 bits per heavy atom. The summed E-state index contributed by atoms with van der Waals surface area (Å²) >= 11 is 0. The maximum Gasteiger partial charge on any atom is 0.363 e. The summed E-state index contributed by atoms with van der Waals surface area (Å²) in [5, 5.41) is 19.8. The van der Waals surface area contributed by atoms with Crippen LogP contribution in [0.1, 0.15) is 6.92 Å². The van der Waals surface area contributed by atoms with Crippen molar-refractivity contribution >= 4 is 17.5 Å². The summed E-state index contributed by atoms with van der Waals surface area (Å²) < 4.78 is 5.25. The fourth-order valence-corrected chi connectivity index (χ4v) is 2.35. The summed E-state index contributed by atoms with van der Waals surface area (Å²) in [6.07, 6.45) is 1.39. The number of hydrogen-bond donors (Lipinski definition) is 1. The minimum Gasteiger partial charge on any atom is -0.481 e. The first kappa shape index (κ1) is 14.2. The van der Waals surface area contributed by atoms with Gasteiger partial charge < -0.3 is 24.9 Å². The van der Waals surface area contributed by atoms with Crippen LogP contribution in [0, 0.1) is 16.0 Å². The molecule has 2 unspecified atom stereocenters. The molecular formula is C12H15N3O5. The molecule has 1 aliphatic heterocycles. The number of nitro groups is 1. The Bertz CT molecular complexity index is 504. The van der Waals surface area contributed by atoms with Gasteiger partial charge in [0, 0.05) is 12.6 Å². The Balaban J connectivity index is 2.23. The van der Waals surface area contributed by atoms with Crippen LogP contribution in [0.4, 0.5) is 11.5 Å². The van der Waals surface area contributed by atoms with Crippen molar-refractivity contribution in [2.75, 3.05) is 24.7 Å². The van der Waals surface area contributed by atoms with E-state index in [1.165, 1.54) is 12.3 Å². The third-order valence-electron chi connectivity index (χ3n) is 3.36. The molecule has 2 rings (SSSR count). The largest absolute Gasteiger partial charge is 0.481 e. The number of ether oxygens (including phenoxy) is 1. The molecule has 1 fully saturated rings. The van der Waals surface area contributed by atoms with E-state index in [2.05, 4.69) is 4.98 Å². The number of carboxylic acids is 1. The van der Waals surface area contributed by atoms with E-state index in [-0.39, 0.29) is 18.5 Å². The highest BCUT2D eigenvalue weighted by atomic mass is 16.6. The molecule has 0 spiro atoms. The number of nitrogens with zero attached hydrogens (tertiary/aromatic N) is 3. The zero-order valence-corrected chi connectivity index (χ0v) is 10.9. The average Bonchev–Trinajstić information content (AvgIpc) is 2.89. The molecule has 108 valence electrons. The van der Waals surface area contributed by atoms with Crippen molar-refractivity contribution in [2.45, 2.75) is 13.0 Å². The summed E-state index contributed by atoms with van der Waals surface area (Å²) in [6.45, 7) is 2.95. The molecule has 0 amide bonds. The third kappa shape index (κ3) is 2.69. The summed E-state index contributed by atoms with van der Waals surface area (Å²) in [5.74, 6) is -1.74. The maximum atomic E-state index is 11.2. The molecule has 8 nitrogen and oxygen atoms in total. The highest BCUT2D eigenvalue weighted by Gasteiger charge is 2.38. The van der Waals surface area contributed by atoms with Crippen molar-refractivity contribution in [3.05, 3.63) is 28.4 Å². The second kappa shape index (κ2) is 5.83. The zero-order chi connectivity index (χ0) is 14.7. The van der Waals surface area contributed by atoms with Crippen LogP contribution in [0.5, 0.6) is 0 Å². The van der Waals surface area contributed by atoms with Crippen LogP contribution in [0.3, 0.4) is 0 Å². The average molecular weight is 281 g/mol. The van der Waals surface area contributed by atoms with Crippen LogP contribution in [-0.4, -0.2) is 46.8 Å². The molecule has 0 saturated carbocycles. The van der Waals surface area contributed by atoms with Crippen molar-refractivity contribution in [1.82, 2.24) is 4.98 Å². The van der Waals surface area contributed by atoms with Gasteiger partial charge >= 0.3 is 11.8 Å². The van der Waals surface area contributed by atoms with Gasteiger partial charge in [0.05, 0.1) is 24.9 Å². The van der Waals surface area contributed by atoms with E-state index in [4.69, 9.17) is 4.74 Å². The standard InChI is InChI=1S/C12H15N3O5/c1-2-14(10-7-20-6-9(10)12(16)17)8-3-4-11(13-5-8)15(18)19/h3-5,9-10H,2,6-7H2,1H3,(H,16,17). The highest BCUT2D eigenvalue weighted by Crippen LogP contribution is 2.26. The smallest absolute Gasteiger partial charge is 0.363 e. The Labute approximate surface area is 115 Å². The van der Waals surface area contributed by atoms with Crippen molar-refractivity contribution < 1.29 is 19.6 Å². The second-order valence-corrected chi connectivity index (χ2v) is 4.47. The van der Waals surface area contributed by atoms with Gasteiger partial charge in [-0.25, -0.2) is 0 Å². The molecule has 0 radical (unpaired) electrons. The molecule has 20 heavy (non-hydrogen) atoms. The Morgan fingerprint density at radius 1 is 1.60 bits per heavy atom. The summed E-state index contributed by atoms with van der Waals surface area (Å²) in [6, 6.07) is 2.59. The highest BCUT2D eigenvalue weighted by molar-refractivity contribution is 5.72. The first-order valence-electron chi connectivity index (χ1n) is 6.22. The van der Waals surface area contributed by atoms with Crippen molar-refractivity contribution in [2.24, 2.45) is 5.92 Å². The molecule has 0 bridgehead atoms. The number of anilines is 1. The van der Waals surface area contributed by atoms with Gasteiger partial charge in [0.15, 0.2) is 6.20 Å². The first-order chi connectivity index (χ1) is 9.54. The Kier molecular flexibility index (Phi) is 4.14. The summed E-state index contributed by atoms with van der Waals surface area (Å²) in [7, 11) is 0. The number of likely N-dealkylation sites (N-methyl/N-ethyl adjacent to an activating group) is 1. The number of aromatic nitrogens is 1. The molecule has 2 heterocycles. The van der Waals surface area contributed by atoms with Crippen molar-refractivity contribution in [3.8, 4) is 0 Å². The fraction of sp³-hybridized carbons (Fsp3) is 0.500. The topological polar surface area (TPSA) is 106 Å². The number of carboxylic acid groups (broad SMARTS) is 1. The molecule has 0 aromatic carbocycles. The zero-order valence-electron chi connectivity index (χ0n) is 10.9. The van der Waals surface area contributed by atoms with Gasteiger partial charge in [-0.3, -0.25) is 4.79 Å². The monoisotopic (exact) mass is 281 g/mol. The first-order valence-corrected chi connectivity index (χ1v) is 6.22. The molecule has 1 saturated heterocycles. The minimum atomic E-state index is -0.902. The predicted octanol–water partition coefficient (Wildman–Crippen LogP) is 0.916. The lowest BCUT2D eigenvalue weighted by molar-refractivity contribution is -0.389. The number of carbonyl (C=O) groups is 1. The Morgan fingerprint density at radius 2 is 2.35 bits per heavy atom. The van der Waals surface area contributed by atoms with Gasteiger partial charge in [-0.15, -0.1) is 0 Å². The molecule has 1 aromatic rings. The quantitative estimate of drug-likeness (QED) is 0.631. The van der Waals surface area contributed by atoms with E-state index in [9.17, 15) is 20.0 Å². The fourth-order valence-electron chi connectivity index (χ4n) is 2.35. The van der Waals surface area contributed by atoms with Crippen LogP contribution in [-0.2, 0) is 9.53 Å². The van der Waals surface area contributed by atoms with E-state index < -0.39 is 16.8 Å². The molecule has 1 N–H and O–H groups in total. The lowest BCUT2D eigenvalue weighted by Gasteiger charge is -2.30. The van der Waals surface area contributed by atoms with E-state index >= 15 is 0 Å². The molecule has 1 aliphatic rings. The number of rotatable bonds is 5. The summed E-state index contributed by atoms with van der Waals surface area (Å²) in [4.78, 5) is 26.8. The van der Waals surface area contributed by atoms with Crippen LogP contribution in [0.2, 0.25) is 0 Å². The second-order valence-electron chi connectivity index (χ2n) is 4.47. The van der Waals surface area contributed by atoms with Gasteiger partial charge in [0.25, 0.3) is 0 Å². The van der Waals surface area contributed by atoms with Gasteiger partial charge in [0.2, 0.25) is 0 Å². The molecule has 0 aliphatic carbocycles. The maximum absolute atomic E-state index is 11.2. The molecular weight excluding hydrogens is 266 g/mol. The lowest BCUT2D eigenvalue weighted by Crippen LogP contribution is -2.43. The number of pyridine rings is 1. The van der Waals surface area contributed by atoms with Gasteiger partial charge in [-0.2, -0.15) is 0 Å². The van der Waals surface area contributed by atoms with Gasteiger partial charge in [0.1, 0.15) is 5.92 Å². The lowest BCUT2D eigenvalue weighted by atomic mass is 10.0. The molecule has 8 heteroatoms. The van der Waals surface area contributed by atoms with E-state index in [1.54, 1.807) is 6.07 Å². The minimum absolute atomic E-state index is 0.177.